The van der Waals surface area contributed by atoms with Gasteiger partial charge in [-0.2, -0.15) is 0 Å². The molecule has 1 aromatic rings. The molecule has 0 spiro atoms. The second-order valence-electron chi connectivity index (χ2n) is 4.50. The first-order valence-electron chi connectivity index (χ1n) is 5.28. The highest BCUT2D eigenvalue weighted by atomic mass is 35.5. The summed E-state index contributed by atoms with van der Waals surface area (Å²) in [6.07, 6.45) is 2.45. The van der Waals surface area contributed by atoms with Crippen LogP contribution in [-0.2, 0) is 0 Å². The van der Waals surface area contributed by atoms with Crippen molar-refractivity contribution < 1.29 is 0 Å². The summed E-state index contributed by atoms with van der Waals surface area (Å²) in [6.45, 7) is 4.23. The zero-order valence-corrected chi connectivity index (χ0v) is 10.5. The van der Waals surface area contributed by atoms with Crippen molar-refractivity contribution in [2.24, 2.45) is 5.92 Å². The maximum absolute atomic E-state index is 6.14. The zero-order chi connectivity index (χ0) is 11.0. The molecule has 1 saturated carbocycles. The predicted molar refractivity (Wildman–Crippen MR) is 67.0 cm³/mol. The number of anilines is 1. The molecule has 0 heterocycles. The molecule has 15 heavy (non-hydrogen) atoms. The lowest BCUT2D eigenvalue weighted by atomic mass is 9.82. The van der Waals surface area contributed by atoms with Crippen LogP contribution in [0.4, 0.5) is 5.69 Å². The number of rotatable bonds is 2. The number of aryl methyl sites for hydroxylation is 1. The summed E-state index contributed by atoms with van der Waals surface area (Å²) < 4.78 is 0. The number of benzene rings is 1. The fourth-order valence-electron chi connectivity index (χ4n) is 2.00. The van der Waals surface area contributed by atoms with Crippen LogP contribution < -0.4 is 5.32 Å². The lowest BCUT2D eigenvalue weighted by Crippen LogP contribution is -2.33. The maximum Gasteiger partial charge on any atom is 0.0641 e. The van der Waals surface area contributed by atoms with Gasteiger partial charge < -0.3 is 5.32 Å². The summed E-state index contributed by atoms with van der Waals surface area (Å²) >= 11 is 12.2. The second-order valence-corrected chi connectivity index (χ2v) is 5.31. The SMILES string of the molecule is Cc1cc(Cl)c(NC2CC(C)C2)cc1Cl. The van der Waals surface area contributed by atoms with Gasteiger partial charge in [-0.1, -0.05) is 30.1 Å². The van der Waals surface area contributed by atoms with Gasteiger partial charge in [-0.3, -0.25) is 0 Å². The van der Waals surface area contributed by atoms with Crippen LogP contribution in [0.2, 0.25) is 10.0 Å². The fraction of sp³-hybridized carbons (Fsp3) is 0.500. The minimum Gasteiger partial charge on any atom is -0.381 e. The van der Waals surface area contributed by atoms with Gasteiger partial charge in [0.1, 0.15) is 0 Å². The molecular weight excluding hydrogens is 229 g/mol. The van der Waals surface area contributed by atoms with Gasteiger partial charge in [0.05, 0.1) is 10.7 Å². The summed E-state index contributed by atoms with van der Waals surface area (Å²) in [4.78, 5) is 0. The molecule has 1 aliphatic rings. The van der Waals surface area contributed by atoms with Gasteiger partial charge in [0, 0.05) is 11.1 Å². The molecular formula is C12H15Cl2N. The van der Waals surface area contributed by atoms with E-state index in [4.69, 9.17) is 23.2 Å². The molecule has 1 aromatic carbocycles. The topological polar surface area (TPSA) is 12.0 Å². The molecule has 0 amide bonds. The monoisotopic (exact) mass is 243 g/mol. The van der Waals surface area contributed by atoms with E-state index in [2.05, 4.69) is 12.2 Å². The predicted octanol–water partition coefficient (Wildman–Crippen LogP) is 4.51. The molecule has 1 nitrogen and oxygen atoms in total. The Morgan fingerprint density at radius 2 is 1.87 bits per heavy atom. The van der Waals surface area contributed by atoms with Gasteiger partial charge in [-0.15, -0.1) is 0 Å². The van der Waals surface area contributed by atoms with Gasteiger partial charge in [0.25, 0.3) is 0 Å². The minimum absolute atomic E-state index is 0.566. The standard InChI is InChI=1S/C12H15Cl2N/c1-7-3-9(4-7)15-12-6-10(13)8(2)5-11(12)14/h5-7,9,15H,3-4H2,1-2H3. The lowest BCUT2D eigenvalue weighted by Gasteiger charge is -2.34. The minimum atomic E-state index is 0.566. The van der Waals surface area contributed by atoms with E-state index < -0.39 is 0 Å². The highest BCUT2D eigenvalue weighted by molar-refractivity contribution is 6.35. The first-order chi connectivity index (χ1) is 7.06. The van der Waals surface area contributed by atoms with Crippen molar-refractivity contribution in [3.8, 4) is 0 Å². The molecule has 1 fully saturated rings. The van der Waals surface area contributed by atoms with Crippen LogP contribution >= 0.6 is 23.2 Å². The van der Waals surface area contributed by atoms with Crippen molar-refractivity contribution in [1.29, 1.82) is 0 Å². The van der Waals surface area contributed by atoms with Gasteiger partial charge in [0.15, 0.2) is 0 Å². The van der Waals surface area contributed by atoms with Crippen molar-refractivity contribution in [2.75, 3.05) is 5.32 Å². The number of hydrogen-bond donors (Lipinski definition) is 1. The van der Waals surface area contributed by atoms with E-state index in [-0.39, 0.29) is 0 Å². The average Bonchev–Trinajstić information content (AvgIpc) is 2.11. The van der Waals surface area contributed by atoms with Crippen molar-refractivity contribution in [3.05, 3.63) is 27.7 Å². The van der Waals surface area contributed by atoms with E-state index in [1.165, 1.54) is 12.8 Å². The highest BCUT2D eigenvalue weighted by Crippen LogP contribution is 2.34. The quantitative estimate of drug-likeness (QED) is 0.806. The smallest absolute Gasteiger partial charge is 0.0641 e. The Hall–Kier alpha value is -0.400. The van der Waals surface area contributed by atoms with Crippen LogP contribution in [0.5, 0.6) is 0 Å². The number of hydrogen-bond acceptors (Lipinski definition) is 1. The summed E-state index contributed by atoms with van der Waals surface area (Å²) in [5, 5.41) is 4.96. The fourth-order valence-corrected chi connectivity index (χ4v) is 2.43. The normalized spacial score (nSPS) is 24.8. The summed E-state index contributed by atoms with van der Waals surface area (Å²) in [6, 6.07) is 4.40. The lowest BCUT2D eigenvalue weighted by molar-refractivity contribution is 0.309. The third-order valence-electron chi connectivity index (χ3n) is 2.98. The van der Waals surface area contributed by atoms with Crippen molar-refractivity contribution >= 4 is 28.9 Å². The molecule has 0 atom stereocenters. The zero-order valence-electron chi connectivity index (χ0n) is 8.98. The van der Waals surface area contributed by atoms with Gasteiger partial charge in [0.2, 0.25) is 0 Å². The van der Waals surface area contributed by atoms with E-state index in [1.54, 1.807) is 0 Å². The largest absolute Gasteiger partial charge is 0.381 e. The molecule has 82 valence electrons. The Kier molecular flexibility index (Phi) is 3.13. The third kappa shape index (κ3) is 2.40. The summed E-state index contributed by atoms with van der Waals surface area (Å²) in [5.74, 6) is 0.835. The molecule has 0 radical (unpaired) electrons. The molecule has 3 heteroatoms. The van der Waals surface area contributed by atoms with Crippen molar-refractivity contribution in [3.63, 3.8) is 0 Å². The van der Waals surface area contributed by atoms with Gasteiger partial charge >= 0.3 is 0 Å². The molecule has 2 rings (SSSR count). The third-order valence-corrected chi connectivity index (χ3v) is 3.70. The summed E-state index contributed by atoms with van der Waals surface area (Å²) in [5.41, 5.74) is 1.98. The van der Waals surface area contributed by atoms with E-state index in [1.807, 2.05) is 19.1 Å². The van der Waals surface area contributed by atoms with E-state index >= 15 is 0 Å². The van der Waals surface area contributed by atoms with Crippen LogP contribution in [-0.4, -0.2) is 6.04 Å². The van der Waals surface area contributed by atoms with Crippen molar-refractivity contribution in [1.82, 2.24) is 0 Å². The Bertz CT molecular complexity index is 370. The maximum atomic E-state index is 6.14. The first kappa shape index (κ1) is 11.1. The second kappa shape index (κ2) is 4.23. The van der Waals surface area contributed by atoms with Crippen LogP contribution in [0.25, 0.3) is 0 Å². The molecule has 0 saturated heterocycles. The highest BCUT2D eigenvalue weighted by Gasteiger charge is 2.25. The van der Waals surface area contributed by atoms with Crippen LogP contribution in [0.15, 0.2) is 12.1 Å². The van der Waals surface area contributed by atoms with Crippen molar-refractivity contribution in [2.45, 2.75) is 32.7 Å². The van der Waals surface area contributed by atoms with E-state index in [0.29, 0.717) is 6.04 Å². The Morgan fingerprint density at radius 3 is 2.47 bits per heavy atom. The number of halogens is 2. The molecule has 0 aliphatic heterocycles. The molecule has 1 aliphatic carbocycles. The first-order valence-corrected chi connectivity index (χ1v) is 6.04. The Labute approximate surface area is 101 Å². The molecule has 0 bridgehead atoms. The van der Waals surface area contributed by atoms with Crippen LogP contribution in [0, 0.1) is 12.8 Å². The van der Waals surface area contributed by atoms with E-state index in [0.717, 1.165) is 27.2 Å². The van der Waals surface area contributed by atoms with Gasteiger partial charge in [-0.25, -0.2) is 0 Å². The molecule has 0 unspecified atom stereocenters. The molecule has 0 aromatic heterocycles. The van der Waals surface area contributed by atoms with E-state index in [9.17, 15) is 0 Å². The summed E-state index contributed by atoms with van der Waals surface area (Å²) in [7, 11) is 0. The average molecular weight is 244 g/mol. The van der Waals surface area contributed by atoms with Crippen LogP contribution in [0.1, 0.15) is 25.3 Å². The number of nitrogens with one attached hydrogen (secondary N) is 1. The Balaban J connectivity index is 2.11. The van der Waals surface area contributed by atoms with Gasteiger partial charge in [-0.05, 0) is 43.4 Å². The molecule has 1 N–H and O–H groups in total. The van der Waals surface area contributed by atoms with Crippen LogP contribution in [0.3, 0.4) is 0 Å². The Morgan fingerprint density at radius 1 is 1.20 bits per heavy atom.